The van der Waals surface area contributed by atoms with Crippen molar-refractivity contribution in [1.82, 2.24) is 0 Å². The highest BCUT2D eigenvalue weighted by molar-refractivity contribution is 6.42. The predicted molar refractivity (Wildman–Crippen MR) is 83.0 cm³/mol. The number of likely N-dealkylation sites (N-methyl/N-ethyl adjacent to an activating group) is 1. The van der Waals surface area contributed by atoms with Gasteiger partial charge in [0.05, 0.1) is 36.5 Å². The van der Waals surface area contributed by atoms with E-state index >= 15 is 0 Å². The minimum atomic E-state index is -1.25. The number of hydrogen-bond donors (Lipinski definition) is 3. The Balaban J connectivity index is 2.55. The summed E-state index contributed by atoms with van der Waals surface area (Å²) in [6.45, 7) is 1.39. The van der Waals surface area contributed by atoms with Gasteiger partial charge in [0.25, 0.3) is 0 Å². The lowest BCUT2D eigenvalue weighted by Gasteiger charge is -2.17. The summed E-state index contributed by atoms with van der Waals surface area (Å²) in [5.41, 5.74) is 0.467. The molecule has 1 aromatic rings. The maximum atomic E-state index is 11.9. The van der Waals surface area contributed by atoms with E-state index in [0.717, 1.165) is 6.54 Å². The van der Waals surface area contributed by atoms with Gasteiger partial charge in [-0.15, -0.1) is 0 Å². The van der Waals surface area contributed by atoms with Gasteiger partial charge in [-0.1, -0.05) is 23.2 Å². The summed E-state index contributed by atoms with van der Waals surface area (Å²) in [7, 11) is 3.94. The van der Waals surface area contributed by atoms with Gasteiger partial charge in [0.1, 0.15) is 19.1 Å². The monoisotopic (exact) mass is 348 g/mol. The van der Waals surface area contributed by atoms with E-state index in [1.165, 1.54) is 11.0 Å². The highest BCUT2D eigenvalue weighted by atomic mass is 35.5. The lowest BCUT2D eigenvalue weighted by atomic mass is 10.2. The molecule has 4 N–H and O–H groups in total. The zero-order valence-electron chi connectivity index (χ0n) is 12.5. The van der Waals surface area contributed by atoms with Crippen molar-refractivity contribution in [2.45, 2.75) is 12.5 Å². The number of benzene rings is 1. The van der Waals surface area contributed by atoms with Gasteiger partial charge >= 0.3 is 0 Å². The molecule has 6 nitrogen and oxygen atoms in total. The van der Waals surface area contributed by atoms with Gasteiger partial charge in [-0.2, -0.15) is 0 Å². The van der Waals surface area contributed by atoms with E-state index in [0.29, 0.717) is 22.3 Å². The van der Waals surface area contributed by atoms with Crippen molar-refractivity contribution in [3.63, 3.8) is 0 Å². The highest BCUT2D eigenvalue weighted by Gasteiger charge is 2.18. The molecule has 1 aromatic carbocycles. The number of carboxylic acid groups (broad SMARTS) is 1. The van der Waals surface area contributed by atoms with Crippen LogP contribution in [0.1, 0.15) is 6.42 Å². The van der Waals surface area contributed by atoms with Crippen molar-refractivity contribution >= 4 is 40.8 Å². The number of carbonyl (C=O) groups is 2. The zero-order valence-corrected chi connectivity index (χ0v) is 14.0. The Morgan fingerprint density at radius 2 is 2.00 bits per heavy atom. The third-order valence-corrected chi connectivity index (χ3v) is 3.75. The molecular formula is C14H20Cl2N3O3+. The molecule has 1 rings (SSSR count). The Hall–Kier alpha value is -1.34. The highest BCUT2D eigenvalue weighted by Crippen LogP contribution is 2.24. The maximum Gasteiger partial charge on any atom is 0.230 e. The summed E-state index contributed by atoms with van der Waals surface area (Å²) in [5, 5.41) is 16.0. The first-order valence-electron chi connectivity index (χ1n) is 6.87. The van der Waals surface area contributed by atoms with Gasteiger partial charge in [0.15, 0.2) is 0 Å². The fraction of sp³-hybridized carbons (Fsp3) is 0.429. The number of nitrogens with one attached hydrogen (secondary N) is 2. The third kappa shape index (κ3) is 6.62. The molecule has 0 unspecified atom stereocenters. The molecule has 0 aliphatic heterocycles. The minimum Gasteiger partial charge on any atom is -0.544 e. The zero-order chi connectivity index (χ0) is 16.7. The van der Waals surface area contributed by atoms with Gasteiger partial charge in [-0.3, -0.25) is 4.79 Å². The van der Waals surface area contributed by atoms with Crippen molar-refractivity contribution in [1.29, 1.82) is 0 Å². The van der Waals surface area contributed by atoms with Crippen molar-refractivity contribution in [3.8, 4) is 0 Å². The van der Waals surface area contributed by atoms with E-state index in [2.05, 4.69) is 5.32 Å². The van der Waals surface area contributed by atoms with Gasteiger partial charge < -0.3 is 25.4 Å². The Morgan fingerprint density at radius 1 is 1.32 bits per heavy atom. The molecule has 0 radical (unpaired) electrons. The molecule has 122 valence electrons. The van der Waals surface area contributed by atoms with Crippen LogP contribution >= 0.6 is 23.2 Å². The summed E-state index contributed by atoms with van der Waals surface area (Å²) in [4.78, 5) is 24.2. The number of halogens is 2. The van der Waals surface area contributed by atoms with Crippen molar-refractivity contribution in [3.05, 3.63) is 28.2 Å². The largest absolute Gasteiger partial charge is 0.544 e. The molecule has 8 heteroatoms. The second kappa shape index (κ2) is 8.95. The molecule has 0 bridgehead atoms. The normalized spacial score (nSPS) is 12.2. The molecule has 0 aliphatic carbocycles. The minimum absolute atomic E-state index is 0.175. The van der Waals surface area contributed by atoms with Crippen LogP contribution in [0.15, 0.2) is 18.2 Å². The maximum absolute atomic E-state index is 11.9. The molecule has 0 saturated heterocycles. The molecular weight excluding hydrogens is 329 g/mol. The number of aliphatic carboxylic acids is 1. The number of rotatable bonds is 8. The topological polar surface area (TPSA) is 90.3 Å². The van der Waals surface area contributed by atoms with Crippen LogP contribution in [0, 0.1) is 0 Å². The lowest BCUT2D eigenvalue weighted by Crippen LogP contribution is -3.10. The first-order valence-corrected chi connectivity index (χ1v) is 7.63. The van der Waals surface area contributed by atoms with Crippen LogP contribution in [-0.2, 0) is 9.59 Å². The average molecular weight is 349 g/mol. The van der Waals surface area contributed by atoms with Crippen molar-refractivity contribution in [2.75, 3.05) is 32.5 Å². The Morgan fingerprint density at radius 3 is 2.55 bits per heavy atom. The molecule has 0 heterocycles. The van der Waals surface area contributed by atoms with Gasteiger partial charge in [0.2, 0.25) is 5.91 Å². The number of quaternary nitrogens is 2. The van der Waals surface area contributed by atoms with E-state index in [-0.39, 0.29) is 6.42 Å². The van der Waals surface area contributed by atoms with Crippen LogP contribution in [0.25, 0.3) is 0 Å². The number of nitrogens with two attached hydrogens (primary N) is 1. The standard InChI is InChI=1S/C14H19Cl2N3O3/c1-19(2)6-5-17-12(14(21)22)8-13(20)18-9-3-4-10(15)11(16)7-9/h3-4,7,12,17H,5-6,8H2,1-2H3,(H,18,20)(H,21,22)/p+1/t12-/m1/s1. The summed E-state index contributed by atoms with van der Waals surface area (Å²) < 4.78 is 0. The van der Waals surface area contributed by atoms with Crippen molar-refractivity contribution < 1.29 is 24.9 Å². The second-order valence-corrected chi connectivity index (χ2v) is 6.10. The molecule has 0 aliphatic rings. The van der Waals surface area contributed by atoms with E-state index < -0.39 is 17.9 Å². The van der Waals surface area contributed by atoms with Gasteiger partial charge in [-0.05, 0) is 18.2 Å². The number of carbonyl (C=O) groups excluding carboxylic acids is 2. The molecule has 1 amide bonds. The molecule has 22 heavy (non-hydrogen) atoms. The third-order valence-electron chi connectivity index (χ3n) is 3.01. The van der Waals surface area contributed by atoms with Crippen LogP contribution in [-0.4, -0.2) is 45.1 Å². The number of hydrogen-bond acceptors (Lipinski definition) is 3. The average Bonchev–Trinajstić information content (AvgIpc) is 2.41. The van der Waals surface area contributed by atoms with Crippen LogP contribution in [0.5, 0.6) is 0 Å². The summed E-state index contributed by atoms with van der Waals surface area (Å²) in [5.74, 6) is -1.67. The van der Waals surface area contributed by atoms with Crippen LogP contribution in [0.3, 0.4) is 0 Å². The number of carboxylic acids is 1. The van der Waals surface area contributed by atoms with Gasteiger partial charge in [0, 0.05) is 5.69 Å². The fourth-order valence-electron chi connectivity index (χ4n) is 1.82. The molecule has 0 fully saturated rings. The summed E-state index contributed by atoms with van der Waals surface area (Å²) in [6.07, 6.45) is -0.175. The molecule has 1 atom stereocenters. The first-order chi connectivity index (χ1) is 10.3. The first kappa shape index (κ1) is 18.7. The quantitative estimate of drug-likeness (QED) is 0.515. The summed E-state index contributed by atoms with van der Waals surface area (Å²) in [6, 6.07) is 3.75. The molecule has 0 saturated carbocycles. The Kier molecular flexibility index (Phi) is 7.61. The smallest absolute Gasteiger partial charge is 0.230 e. The summed E-state index contributed by atoms with van der Waals surface area (Å²) >= 11 is 11.6. The number of amides is 1. The Labute approximate surface area is 139 Å². The van der Waals surface area contributed by atoms with E-state index in [4.69, 9.17) is 23.2 Å². The second-order valence-electron chi connectivity index (χ2n) is 5.29. The van der Waals surface area contributed by atoms with Crippen molar-refractivity contribution in [2.24, 2.45) is 0 Å². The van der Waals surface area contributed by atoms with Gasteiger partial charge in [-0.25, -0.2) is 0 Å². The predicted octanol–water partition coefficient (Wildman–Crippen LogP) is -1.85. The van der Waals surface area contributed by atoms with E-state index in [9.17, 15) is 14.7 Å². The van der Waals surface area contributed by atoms with E-state index in [1.807, 2.05) is 14.1 Å². The number of anilines is 1. The lowest BCUT2D eigenvalue weighted by molar-refractivity contribution is -0.876. The molecule has 0 aromatic heterocycles. The fourth-order valence-corrected chi connectivity index (χ4v) is 2.12. The molecule has 0 spiro atoms. The Bertz CT molecular complexity index is 538. The van der Waals surface area contributed by atoms with E-state index in [1.54, 1.807) is 17.4 Å². The van der Waals surface area contributed by atoms with Crippen LogP contribution in [0.2, 0.25) is 10.0 Å². The SMILES string of the molecule is C[NH+](C)CC[NH2+][C@H](CC(=O)Nc1ccc(Cl)c(Cl)c1)C(=O)[O-]. The van der Waals surface area contributed by atoms with Crippen LogP contribution < -0.4 is 20.6 Å². The van der Waals surface area contributed by atoms with Crippen LogP contribution in [0.4, 0.5) is 5.69 Å².